The lowest BCUT2D eigenvalue weighted by Gasteiger charge is -2.13. The van der Waals surface area contributed by atoms with Crippen LogP contribution in [0.3, 0.4) is 0 Å². The van der Waals surface area contributed by atoms with Crippen LogP contribution >= 0.6 is 23.5 Å². The van der Waals surface area contributed by atoms with Gasteiger partial charge in [-0.05, 0) is 17.7 Å². The highest BCUT2D eigenvalue weighted by atomic mass is 32.2. The average molecular weight is 410 g/mol. The summed E-state index contributed by atoms with van der Waals surface area (Å²) in [6.45, 7) is 0.486. The minimum atomic E-state index is -0.0856. The first-order chi connectivity index (χ1) is 13.7. The van der Waals surface area contributed by atoms with Crippen LogP contribution in [0, 0.1) is 0 Å². The Morgan fingerprint density at radius 2 is 1.82 bits per heavy atom. The lowest BCUT2D eigenvalue weighted by Crippen LogP contribution is -2.27. The van der Waals surface area contributed by atoms with Gasteiger partial charge in [0.25, 0.3) is 5.56 Å². The van der Waals surface area contributed by atoms with Gasteiger partial charge in [0.15, 0.2) is 5.16 Å². The van der Waals surface area contributed by atoms with E-state index in [9.17, 15) is 9.59 Å². The fraction of sp³-hybridized carbons (Fsp3) is 0.190. The molecule has 142 valence electrons. The first-order valence-electron chi connectivity index (χ1n) is 9.00. The van der Waals surface area contributed by atoms with E-state index >= 15 is 0 Å². The Labute approximate surface area is 171 Å². The molecule has 2 heterocycles. The van der Waals surface area contributed by atoms with Gasteiger partial charge >= 0.3 is 0 Å². The molecule has 7 heteroatoms. The molecular formula is C21H19N3O2S2. The molecular weight excluding hydrogens is 390 g/mol. The van der Waals surface area contributed by atoms with Crippen LogP contribution in [0.25, 0.3) is 5.69 Å². The van der Waals surface area contributed by atoms with Crippen molar-refractivity contribution in [1.29, 1.82) is 0 Å². The summed E-state index contributed by atoms with van der Waals surface area (Å²) in [5, 5.41) is 3.48. The Bertz CT molecular complexity index is 1040. The van der Waals surface area contributed by atoms with Gasteiger partial charge in [-0.1, -0.05) is 60.3 Å². The number of nitrogens with one attached hydrogen (secondary N) is 1. The van der Waals surface area contributed by atoms with Crippen LogP contribution in [0.4, 0.5) is 0 Å². The lowest BCUT2D eigenvalue weighted by molar-refractivity contribution is -0.118. The molecule has 1 aliphatic heterocycles. The number of rotatable bonds is 6. The second kappa shape index (κ2) is 8.67. The second-order valence-corrected chi connectivity index (χ2v) is 8.34. The average Bonchev–Trinajstić information content (AvgIpc) is 3.21. The van der Waals surface area contributed by atoms with Gasteiger partial charge in [0, 0.05) is 18.7 Å². The van der Waals surface area contributed by atoms with Crippen molar-refractivity contribution in [3.05, 3.63) is 82.3 Å². The van der Waals surface area contributed by atoms with Crippen molar-refractivity contribution < 1.29 is 4.79 Å². The maximum absolute atomic E-state index is 13.0. The van der Waals surface area contributed by atoms with E-state index in [0.717, 1.165) is 34.0 Å². The zero-order chi connectivity index (χ0) is 19.3. The molecule has 1 N–H and O–H groups in total. The quantitative estimate of drug-likeness (QED) is 0.500. The number of thioether (sulfide) groups is 2. The van der Waals surface area contributed by atoms with Gasteiger partial charge in [0.1, 0.15) is 0 Å². The largest absolute Gasteiger partial charge is 0.351 e. The summed E-state index contributed by atoms with van der Waals surface area (Å²) < 4.78 is 1.62. The normalized spacial score (nSPS) is 12.6. The number of nitrogens with zero attached hydrogens (tertiary/aromatic N) is 2. The number of aryl methyl sites for hydroxylation is 1. The van der Waals surface area contributed by atoms with Crippen LogP contribution in [0.5, 0.6) is 0 Å². The number of amides is 1. The number of carbonyl (C=O) groups excluding carboxylic acids is 1. The van der Waals surface area contributed by atoms with E-state index in [-0.39, 0.29) is 17.2 Å². The Balaban J connectivity index is 1.53. The third kappa shape index (κ3) is 4.15. The highest BCUT2D eigenvalue weighted by molar-refractivity contribution is 8.00. The van der Waals surface area contributed by atoms with Crippen LogP contribution in [0.15, 0.2) is 75.5 Å². The Kier molecular flexibility index (Phi) is 5.83. The number of hydrogen-bond acceptors (Lipinski definition) is 5. The van der Waals surface area contributed by atoms with E-state index in [1.807, 2.05) is 60.7 Å². The molecule has 1 aliphatic rings. The lowest BCUT2D eigenvalue weighted by atomic mass is 10.2. The van der Waals surface area contributed by atoms with Crippen molar-refractivity contribution in [2.24, 2.45) is 0 Å². The zero-order valence-corrected chi connectivity index (χ0v) is 16.8. The summed E-state index contributed by atoms with van der Waals surface area (Å²) in [6, 6.07) is 19.2. The van der Waals surface area contributed by atoms with Crippen molar-refractivity contribution in [2.75, 3.05) is 11.5 Å². The third-order valence-electron chi connectivity index (χ3n) is 4.35. The maximum atomic E-state index is 13.0. The first kappa shape index (κ1) is 18.8. The van der Waals surface area contributed by atoms with Gasteiger partial charge in [-0.2, -0.15) is 0 Å². The molecule has 1 amide bonds. The Morgan fingerprint density at radius 1 is 1.11 bits per heavy atom. The molecule has 3 aromatic rings. The molecule has 0 saturated carbocycles. The monoisotopic (exact) mass is 409 g/mol. The fourth-order valence-electron chi connectivity index (χ4n) is 2.97. The molecule has 28 heavy (non-hydrogen) atoms. The zero-order valence-electron chi connectivity index (χ0n) is 15.1. The molecule has 5 nitrogen and oxygen atoms in total. The van der Waals surface area contributed by atoms with Crippen molar-refractivity contribution in [3.8, 4) is 5.69 Å². The van der Waals surface area contributed by atoms with E-state index in [4.69, 9.17) is 4.98 Å². The summed E-state index contributed by atoms with van der Waals surface area (Å²) in [7, 11) is 0. The Morgan fingerprint density at radius 3 is 2.57 bits per heavy atom. The molecule has 0 saturated heterocycles. The molecule has 0 bridgehead atoms. The van der Waals surface area contributed by atoms with Crippen molar-refractivity contribution >= 4 is 29.4 Å². The first-order valence-corrected chi connectivity index (χ1v) is 11.0. The minimum Gasteiger partial charge on any atom is -0.351 e. The van der Waals surface area contributed by atoms with Gasteiger partial charge < -0.3 is 5.32 Å². The number of para-hydroxylation sites is 1. The fourth-order valence-corrected chi connectivity index (χ4v) is 4.85. The molecule has 1 aromatic heterocycles. The van der Waals surface area contributed by atoms with Gasteiger partial charge in [0.05, 0.1) is 22.0 Å². The minimum absolute atomic E-state index is 0.0501. The smallest absolute Gasteiger partial charge is 0.272 e. The predicted molar refractivity (Wildman–Crippen MR) is 113 cm³/mol. The highest BCUT2D eigenvalue weighted by Crippen LogP contribution is 2.29. The van der Waals surface area contributed by atoms with Gasteiger partial charge in [-0.15, -0.1) is 11.8 Å². The van der Waals surface area contributed by atoms with Crippen LogP contribution in [-0.2, 0) is 17.8 Å². The van der Waals surface area contributed by atoms with Crippen LogP contribution in [0.1, 0.15) is 11.3 Å². The number of carbonyl (C=O) groups is 1. The SMILES string of the molecule is O=C(CSc1nc2c(c(=O)n1-c1ccccc1)SCC2)NCc1ccccc1. The van der Waals surface area contributed by atoms with E-state index in [1.54, 1.807) is 16.3 Å². The Hall–Kier alpha value is -2.51. The maximum Gasteiger partial charge on any atom is 0.272 e. The molecule has 0 fully saturated rings. The van der Waals surface area contributed by atoms with E-state index in [0.29, 0.717) is 11.7 Å². The van der Waals surface area contributed by atoms with Crippen molar-refractivity contribution in [1.82, 2.24) is 14.9 Å². The van der Waals surface area contributed by atoms with Crippen molar-refractivity contribution in [2.45, 2.75) is 23.0 Å². The van der Waals surface area contributed by atoms with E-state index in [1.165, 1.54) is 11.8 Å². The summed E-state index contributed by atoms with van der Waals surface area (Å²) in [5.41, 5.74) is 2.61. The van der Waals surface area contributed by atoms with Crippen LogP contribution in [-0.4, -0.2) is 27.0 Å². The summed E-state index contributed by atoms with van der Waals surface area (Å²) in [6.07, 6.45) is 0.790. The third-order valence-corrected chi connectivity index (χ3v) is 6.39. The summed E-state index contributed by atoms with van der Waals surface area (Å²) in [4.78, 5) is 30.8. The van der Waals surface area contributed by atoms with Gasteiger partial charge in [0.2, 0.25) is 5.91 Å². The highest BCUT2D eigenvalue weighted by Gasteiger charge is 2.22. The molecule has 2 aromatic carbocycles. The van der Waals surface area contributed by atoms with Crippen molar-refractivity contribution in [3.63, 3.8) is 0 Å². The summed E-state index contributed by atoms with van der Waals surface area (Å²) in [5.74, 6) is 0.994. The second-order valence-electron chi connectivity index (χ2n) is 6.30. The van der Waals surface area contributed by atoms with Crippen LogP contribution in [0.2, 0.25) is 0 Å². The standard InChI is InChI=1S/C21H19N3O2S2/c25-18(22-13-15-7-3-1-4-8-15)14-28-21-23-17-11-12-27-19(17)20(26)24(21)16-9-5-2-6-10-16/h1-10H,11-14H2,(H,22,25). The van der Waals surface area contributed by atoms with Crippen LogP contribution < -0.4 is 10.9 Å². The number of aromatic nitrogens is 2. The number of hydrogen-bond donors (Lipinski definition) is 1. The predicted octanol–water partition coefficient (Wildman–Crippen LogP) is 3.29. The van der Waals surface area contributed by atoms with E-state index in [2.05, 4.69) is 5.32 Å². The molecule has 0 spiro atoms. The molecule has 0 unspecified atom stereocenters. The molecule has 0 atom stereocenters. The molecule has 4 rings (SSSR count). The molecule has 0 radical (unpaired) electrons. The number of benzene rings is 2. The van der Waals surface area contributed by atoms with Gasteiger partial charge in [-0.25, -0.2) is 4.98 Å². The molecule has 0 aliphatic carbocycles. The number of fused-ring (bicyclic) bond motifs is 1. The van der Waals surface area contributed by atoms with E-state index < -0.39 is 0 Å². The topological polar surface area (TPSA) is 64.0 Å². The van der Waals surface area contributed by atoms with Gasteiger partial charge in [-0.3, -0.25) is 14.2 Å². The summed E-state index contributed by atoms with van der Waals surface area (Å²) >= 11 is 2.85.